The molecule has 1 heterocycles. The van der Waals surface area contributed by atoms with Crippen LogP contribution in [0.3, 0.4) is 0 Å². The van der Waals surface area contributed by atoms with E-state index in [1.807, 2.05) is 32.9 Å². The van der Waals surface area contributed by atoms with Crippen LogP contribution in [0.2, 0.25) is 0 Å². The maximum Gasteiger partial charge on any atom is 0.259 e. The molecule has 21 heavy (non-hydrogen) atoms. The van der Waals surface area contributed by atoms with Gasteiger partial charge in [-0.1, -0.05) is 15.9 Å². The Morgan fingerprint density at radius 2 is 1.95 bits per heavy atom. The van der Waals surface area contributed by atoms with E-state index in [4.69, 9.17) is 0 Å². The molecule has 0 fully saturated rings. The topological polar surface area (TPSA) is 54.0 Å². The second-order valence-corrected chi connectivity index (χ2v) is 5.60. The quantitative estimate of drug-likeness (QED) is 0.873. The van der Waals surface area contributed by atoms with Gasteiger partial charge in [-0.15, -0.1) is 0 Å². The molecule has 0 unspecified atom stereocenters. The predicted molar refractivity (Wildman–Crippen MR) is 90.0 cm³/mol. The summed E-state index contributed by atoms with van der Waals surface area (Å²) in [4.78, 5) is 16.6. The van der Waals surface area contributed by atoms with Crippen molar-refractivity contribution < 1.29 is 4.79 Å². The van der Waals surface area contributed by atoms with Gasteiger partial charge in [-0.3, -0.25) is 4.79 Å². The fourth-order valence-corrected chi connectivity index (χ4v) is 2.34. The Bertz CT molecular complexity index is 647. The first kappa shape index (κ1) is 15.5. The number of nitrogens with zero attached hydrogens (tertiary/aromatic N) is 1. The molecule has 110 valence electrons. The smallest absolute Gasteiger partial charge is 0.259 e. The molecule has 0 atom stereocenters. The molecule has 0 aliphatic heterocycles. The summed E-state index contributed by atoms with van der Waals surface area (Å²) in [6.45, 7) is 6.69. The van der Waals surface area contributed by atoms with Gasteiger partial charge >= 0.3 is 0 Å². The summed E-state index contributed by atoms with van der Waals surface area (Å²) in [7, 11) is 0. The van der Waals surface area contributed by atoms with Crippen molar-refractivity contribution in [2.75, 3.05) is 17.2 Å². The van der Waals surface area contributed by atoms with Gasteiger partial charge in [0, 0.05) is 22.9 Å². The van der Waals surface area contributed by atoms with E-state index in [2.05, 4.69) is 31.5 Å². The van der Waals surface area contributed by atoms with Crippen molar-refractivity contribution in [2.45, 2.75) is 20.8 Å². The Kier molecular flexibility index (Phi) is 4.96. The molecule has 1 aromatic heterocycles. The van der Waals surface area contributed by atoms with E-state index < -0.39 is 0 Å². The zero-order valence-electron chi connectivity index (χ0n) is 12.3. The first-order valence-electron chi connectivity index (χ1n) is 6.80. The summed E-state index contributed by atoms with van der Waals surface area (Å²) in [5.41, 5.74) is 3.49. The van der Waals surface area contributed by atoms with Gasteiger partial charge in [0.25, 0.3) is 5.91 Å². The molecule has 2 rings (SSSR count). The molecule has 1 aromatic carbocycles. The first-order chi connectivity index (χ1) is 10.0. The second-order valence-electron chi connectivity index (χ2n) is 4.81. The molecule has 2 aromatic rings. The van der Waals surface area contributed by atoms with Crippen LogP contribution in [0.1, 0.15) is 28.4 Å². The van der Waals surface area contributed by atoms with Crippen molar-refractivity contribution in [3.63, 3.8) is 0 Å². The van der Waals surface area contributed by atoms with Crippen LogP contribution in [0.4, 0.5) is 11.5 Å². The van der Waals surface area contributed by atoms with Crippen molar-refractivity contribution in [2.24, 2.45) is 0 Å². The van der Waals surface area contributed by atoms with Gasteiger partial charge in [-0.05, 0) is 56.2 Å². The van der Waals surface area contributed by atoms with E-state index in [0.717, 1.165) is 21.3 Å². The SMILES string of the molecule is CCNc1ncccc1C(=O)Nc1cc(C)c(Br)c(C)c1. The largest absolute Gasteiger partial charge is 0.370 e. The zero-order chi connectivity index (χ0) is 15.4. The van der Waals surface area contributed by atoms with Crippen molar-refractivity contribution in [1.29, 1.82) is 0 Å². The molecule has 5 heteroatoms. The minimum Gasteiger partial charge on any atom is -0.370 e. The highest BCUT2D eigenvalue weighted by Crippen LogP contribution is 2.25. The lowest BCUT2D eigenvalue weighted by molar-refractivity contribution is 0.102. The third-order valence-corrected chi connectivity index (χ3v) is 4.34. The molecular weight excluding hydrogens is 330 g/mol. The van der Waals surface area contributed by atoms with Crippen LogP contribution in [-0.4, -0.2) is 17.4 Å². The van der Waals surface area contributed by atoms with E-state index in [1.54, 1.807) is 18.3 Å². The van der Waals surface area contributed by atoms with E-state index in [0.29, 0.717) is 17.9 Å². The lowest BCUT2D eigenvalue weighted by Crippen LogP contribution is -2.15. The van der Waals surface area contributed by atoms with Gasteiger partial charge in [0.05, 0.1) is 5.56 Å². The highest BCUT2D eigenvalue weighted by atomic mass is 79.9. The fourth-order valence-electron chi connectivity index (χ4n) is 2.11. The number of carbonyl (C=O) groups excluding carboxylic acids is 1. The second kappa shape index (κ2) is 6.72. The van der Waals surface area contributed by atoms with Gasteiger partial charge in [-0.2, -0.15) is 0 Å². The van der Waals surface area contributed by atoms with Crippen LogP contribution >= 0.6 is 15.9 Å². The average molecular weight is 348 g/mol. The monoisotopic (exact) mass is 347 g/mol. The highest BCUT2D eigenvalue weighted by Gasteiger charge is 2.13. The number of carbonyl (C=O) groups is 1. The molecule has 0 bridgehead atoms. The maximum atomic E-state index is 12.4. The summed E-state index contributed by atoms with van der Waals surface area (Å²) in [6.07, 6.45) is 1.67. The fraction of sp³-hybridized carbons (Fsp3) is 0.250. The van der Waals surface area contributed by atoms with Gasteiger partial charge in [0.1, 0.15) is 5.82 Å². The predicted octanol–water partition coefficient (Wildman–Crippen LogP) is 4.15. The standard InChI is InChI=1S/C16H18BrN3O/c1-4-18-15-13(6-5-7-19-15)16(21)20-12-8-10(2)14(17)11(3)9-12/h5-9H,4H2,1-3H3,(H,18,19)(H,20,21). The molecule has 0 aliphatic rings. The van der Waals surface area contributed by atoms with Gasteiger partial charge in [0.2, 0.25) is 0 Å². The average Bonchev–Trinajstić information content (AvgIpc) is 2.45. The van der Waals surface area contributed by atoms with Crippen molar-refractivity contribution in [3.05, 3.63) is 51.6 Å². The summed E-state index contributed by atoms with van der Waals surface area (Å²) in [5, 5.41) is 6.02. The Balaban J connectivity index is 2.26. The lowest BCUT2D eigenvalue weighted by atomic mass is 10.1. The molecule has 0 radical (unpaired) electrons. The van der Waals surface area contributed by atoms with Crippen LogP contribution in [0.5, 0.6) is 0 Å². The number of benzene rings is 1. The van der Waals surface area contributed by atoms with Crippen molar-refractivity contribution in [3.8, 4) is 0 Å². The molecule has 0 spiro atoms. The number of halogens is 1. The Labute approximate surface area is 133 Å². The zero-order valence-corrected chi connectivity index (χ0v) is 13.9. The molecule has 4 nitrogen and oxygen atoms in total. The van der Waals surface area contributed by atoms with Crippen LogP contribution in [0.15, 0.2) is 34.9 Å². The van der Waals surface area contributed by atoms with Gasteiger partial charge < -0.3 is 10.6 Å². The molecule has 0 aliphatic carbocycles. The van der Waals surface area contributed by atoms with E-state index >= 15 is 0 Å². The van der Waals surface area contributed by atoms with Crippen LogP contribution in [0, 0.1) is 13.8 Å². The summed E-state index contributed by atoms with van der Waals surface area (Å²) >= 11 is 3.52. The number of hydrogen-bond donors (Lipinski definition) is 2. The number of amides is 1. The maximum absolute atomic E-state index is 12.4. The normalized spacial score (nSPS) is 10.3. The summed E-state index contributed by atoms with van der Waals surface area (Å²) in [6, 6.07) is 7.41. The van der Waals surface area contributed by atoms with Gasteiger partial charge in [0.15, 0.2) is 0 Å². The number of anilines is 2. The third-order valence-electron chi connectivity index (χ3n) is 3.09. The minimum atomic E-state index is -0.167. The van der Waals surface area contributed by atoms with Gasteiger partial charge in [-0.25, -0.2) is 4.98 Å². The molecule has 1 amide bonds. The molecule has 2 N–H and O–H groups in total. The summed E-state index contributed by atoms with van der Waals surface area (Å²) < 4.78 is 1.07. The Morgan fingerprint density at radius 3 is 2.57 bits per heavy atom. The number of aryl methyl sites for hydroxylation is 2. The number of aromatic nitrogens is 1. The molecule has 0 saturated heterocycles. The van der Waals surface area contributed by atoms with Crippen LogP contribution in [-0.2, 0) is 0 Å². The number of rotatable bonds is 4. The Hall–Kier alpha value is -1.88. The van der Waals surface area contributed by atoms with E-state index in [1.165, 1.54) is 0 Å². The molecule has 0 saturated carbocycles. The third kappa shape index (κ3) is 3.61. The van der Waals surface area contributed by atoms with Crippen LogP contribution < -0.4 is 10.6 Å². The number of pyridine rings is 1. The molecular formula is C16H18BrN3O. The van der Waals surface area contributed by atoms with Crippen LogP contribution in [0.25, 0.3) is 0 Å². The van der Waals surface area contributed by atoms with E-state index in [9.17, 15) is 4.79 Å². The Morgan fingerprint density at radius 1 is 1.29 bits per heavy atom. The van der Waals surface area contributed by atoms with Crippen molar-refractivity contribution >= 4 is 33.3 Å². The van der Waals surface area contributed by atoms with Crippen molar-refractivity contribution in [1.82, 2.24) is 4.98 Å². The highest BCUT2D eigenvalue weighted by molar-refractivity contribution is 9.10. The number of hydrogen-bond acceptors (Lipinski definition) is 3. The summed E-state index contributed by atoms with van der Waals surface area (Å²) in [5.74, 6) is 0.434. The minimum absolute atomic E-state index is 0.167. The first-order valence-corrected chi connectivity index (χ1v) is 7.59. The lowest BCUT2D eigenvalue weighted by Gasteiger charge is -2.12. The number of nitrogens with one attached hydrogen (secondary N) is 2. The van der Waals surface area contributed by atoms with E-state index in [-0.39, 0.29) is 5.91 Å².